The number of hydrogen-bond acceptors (Lipinski definition) is 5. The lowest BCUT2D eigenvalue weighted by Gasteiger charge is -2.49. The van der Waals surface area contributed by atoms with Crippen LogP contribution in [0.5, 0.6) is 0 Å². The van der Waals surface area contributed by atoms with E-state index >= 15 is 0 Å². The molecule has 1 aliphatic carbocycles. The minimum Gasteiger partial charge on any atom is -0.392 e. The van der Waals surface area contributed by atoms with Crippen molar-refractivity contribution in [3.05, 3.63) is 6.33 Å². The lowest BCUT2D eigenvalue weighted by atomic mass is 9.65. The van der Waals surface area contributed by atoms with Gasteiger partial charge in [0.1, 0.15) is 6.33 Å². The van der Waals surface area contributed by atoms with Gasteiger partial charge in [0.05, 0.1) is 6.10 Å². The Balaban J connectivity index is 1.98. The normalized spacial score (nSPS) is 31.0. The molecule has 1 saturated carbocycles. The number of anilines is 1. The molecule has 2 rings (SSSR count). The zero-order valence-electron chi connectivity index (χ0n) is 7.69. The van der Waals surface area contributed by atoms with Crippen molar-refractivity contribution < 1.29 is 5.11 Å². The SMILES string of the molecule is CC1(C)C(O)CC1Nc1ncns1. The Morgan fingerprint density at radius 3 is 2.92 bits per heavy atom. The average Bonchev–Trinajstić information content (AvgIpc) is 2.56. The molecule has 5 heteroatoms. The van der Waals surface area contributed by atoms with Gasteiger partial charge >= 0.3 is 0 Å². The number of nitrogens with zero attached hydrogens (tertiary/aromatic N) is 2. The number of aliphatic hydroxyl groups is 1. The summed E-state index contributed by atoms with van der Waals surface area (Å²) in [6, 6.07) is 0.315. The van der Waals surface area contributed by atoms with E-state index in [-0.39, 0.29) is 11.5 Å². The van der Waals surface area contributed by atoms with Crippen molar-refractivity contribution in [3.63, 3.8) is 0 Å². The highest BCUT2D eigenvalue weighted by Crippen LogP contribution is 2.42. The van der Waals surface area contributed by atoms with Crippen LogP contribution in [0, 0.1) is 5.41 Å². The molecule has 0 radical (unpaired) electrons. The molecule has 0 saturated heterocycles. The Morgan fingerprint density at radius 1 is 1.69 bits per heavy atom. The molecule has 1 fully saturated rings. The van der Waals surface area contributed by atoms with E-state index in [0.717, 1.165) is 11.6 Å². The van der Waals surface area contributed by atoms with Crippen molar-refractivity contribution in [1.29, 1.82) is 0 Å². The van der Waals surface area contributed by atoms with Crippen LogP contribution in [0.2, 0.25) is 0 Å². The third kappa shape index (κ3) is 1.42. The second kappa shape index (κ2) is 2.92. The first-order valence-electron chi connectivity index (χ1n) is 4.32. The number of aromatic nitrogens is 2. The first-order chi connectivity index (χ1) is 6.10. The molecule has 72 valence electrons. The molecule has 0 aliphatic heterocycles. The average molecular weight is 199 g/mol. The summed E-state index contributed by atoms with van der Waals surface area (Å²) in [5.74, 6) is 0. The van der Waals surface area contributed by atoms with Crippen LogP contribution in [0.3, 0.4) is 0 Å². The van der Waals surface area contributed by atoms with E-state index in [1.165, 1.54) is 17.9 Å². The maximum Gasteiger partial charge on any atom is 0.202 e. The topological polar surface area (TPSA) is 58.0 Å². The van der Waals surface area contributed by atoms with E-state index < -0.39 is 0 Å². The van der Waals surface area contributed by atoms with Gasteiger partial charge in [-0.2, -0.15) is 4.37 Å². The Hall–Kier alpha value is -0.680. The number of rotatable bonds is 2. The molecule has 0 amide bonds. The van der Waals surface area contributed by atoms with Crippen molar-refractivity contribution >= 4 is 16.7 Å². The fraction of sp³-hybridized carbons (Fsp3) is 0.750. The molecule has 13 heavy (non-hydrogen) atoms. The zero-order chi connectivity index (χ0) is 9.47. The third-order valence-corrected chi connectivity index (χ3v) is 3.47. The molecule has 0 aromatic carbocycles. The molecule has 2 N–H and O–H groups in total. The van der Waals surface area contributed by atoms with Crippen LogP contribution in [0.25, 0.3) is 0 Å². The van der Waals surface area contributed by atoms with Gasteiger partial charge in [-0.05, 0) is 6.42 Å². The van der Waals surface area contributed by atoms with Gasteiger partial charge in [0.15, 0.2) is 0 Å². The second-order valence-corrected chi connectivity index (χ2v) is 4.80. The molecule has 0 spiro atoms. The minimum absolute atomic E-state index is 0.0499. The maximum atomic E-state index is 9.50. The monoisotopic (exact) mass is 199 g/mol. The van der Waals surface area contributed by atoms with Gasteiger partial charge in [-0.3, -0.25) is 0 Å². The maximum absolute atomic E-state index is 9.50. The van der Waals surface area contributed by atoms with Crippen LogP contribution in [0.1, 0.15) is 20.3 Å². The summed E-state index contributed by atoms with van der Waals surface area (Å²) in [4.78, 5) is 4.04. The number of hydrogen-bond donors (Lipinski definition) is 2. The van der Waals surface area contributed by atoms with E-state index in [1.54, 1.807) is 0 Å². The van der Waals surface area contributed by atoms with Gasteiger partial charge in [0.25, 0.3) is 0 Å². The molecule has 1 aromatic rings. The number of aliphatic hydroxyl groups excluding tert-OH is 1. The van der Waals surface area contributed by atoms with Crippen LogP contribution in [-0.2, 0) is 0 Å². The Morgan fingerprint density at radius 2 is 2.46 bits per heavy atom. The lowest BCUT2D eigenvalue weighted by molar-refractivity contribution is -0.0510. The highest BCUT2D eigenvalue weighted by molar-refractivity contribution is 7.09. The van der Waals surface area contributed by atoms with Gasteiger partial charge < -0.3 is 10.4 Å². The molecular formula is C8H13N3OS. The van der Waals surface area contributed by atoms with Crippen molar-refractivity contribution in [3.8, 4) is 0 Å². The molecular weight excluding hydrogens is 186 g/mol. The van der Waals surface area contributed by atoms with Crippen LogP contribution in [0.15, 0.2) is 6.33 Å². The third-order valence-electron chi connectivity index (χ3n) is 2.87. The van der Waals surface area contributed by atoms with E-state index in [0.29, 0.717) is 6.04 Å². The molecule has 4 nitrogen and oxygen atoms in total. The van der Waals surface area contributed by atoms with Crippen molar-refractivity contribution in [2.45, 2.75) is 32.4 Å². The largest absolute Gasteiger partial charge is 0.392 e. The van der Waals surface area contributed by atoms with Crippen molar-refractivity contribution in [1.82, 2.24) is 9.36 Å². The van der Waals surface area contributed by atoms with Crippen LogP contribution < -0.4 is 5.32 Å². The summed E-state index contributed by atoms with van der Waals surface area (Å²) in [7, 11) is 0. The molecule has 0 bridgehead atoms. The fourth-order valence-corrected chi connectivity index (χ4v) is 2.02. The van der Waals surface area contributed by atoms with E-state index in [2.05, 4.69) is 28.5 Å². The predicted molar refractivity (Wildman–Crippen MR) is 51.7 cm³/mol. The molecule has 1 heterocycles. The summed E-state index contributed by atoms with van der Waals surface area (Å²) in [5.41, 5.74) is -0.0499. The minimum atomic E-state index is -0.196. The highest BCUT2D eigenvalue weighted by atomic mass is 32.1. The van der Waals surface area contributed by atoms with Crippen LogP contribution in [-0.4, -0.2) is 26.6 Å². The summed E-state index contributed by atoms with van der Waals surface area (Å²) >= 11 is 1.35. The molecule has 2 unspecified atom stereocenters. The quantitative estimate of drug-likeness (QED) is 0.749. The molecule has 1 aromatic heterocycles. The summed E-state index contributed by atoms with van der Waals surface area (Å²) < 4.78 is 3.91. The second-order valence-electron chi connectivity index (χ2n) is 4.02. The van der Waals surface area contributed by atoms with Crippen molar-refractivity contribution in [2.75, 3.05) is 5.32 Å². The van der Waals surface area contributed by atoms with Gasteiger partial charge in [-0.1, -0.05) is 13.8 Å². The van der Waals surface area contributed by atoms with Gasteiger partial charge in [0.2, 0.25) is 5.13 Å². The van der Waals surface area contributed by atoms with Crippen molar-refractivity contribution in [2.24, 2.45) is 5.41 Å². The first-order valence-corrected chi connectivity index (χ1v) is 5.09. The predicted octanol–water partition coefficient (Wildman–Crippen LogP) is 1.11. The summed E-state index contributed by atoms with van der Waals surface area (Å²) in [6.45, 7) is 4.11. The summed E-state index contributed by atoms with van der Waals surface area (Å²) in [5, 5.41) is 13.6. The smallest absolute Gasteiger partial charge is 0.202 e. The van der Waals surface area contributed by atoms with Gasteiger partial charge in [0, 0.05) is 23.0 Å². The molecule has 2 atom stereocenters. The lowest BCUT2D eigenvalue weighted by Crippen LogP contribution is -2.56. The van der Waals surface area contributed by atoms with E-state index in [1.807, 2.05) is 0 Å². The van der Waals surface area contributed by atoms with E-state index in [9.17, 15) is 5.11 Å². The Labute approximate surface area is 81.2 Å². The summed E-state index contributed by atoms with van der Waals surface area (Å²) in [6.07, 6.45) is 2.14. The molecule has 1 aliphatic rings. The van der Waals surface area contributed by atoms with Gasteiger partial charge in [-0.25, -0.2) is 4.98 Å². The zero-order valence-corrected chi connectivity index (χ0v) is 8.51. The fourth-order valence-electron chi connectivity index (χ4n) is 1.53. The first kappa shape index (κ1) is 8.90. The van der Waals surface area contributed by atoms with E-state index in [4.69, 9.17) is 0 Å². The Bertz CT molecular complexity index is 286. The number of nitrogens with one attached hydrogen (secondary N) is 1. The van der Waals surface area contributed by atoms with Crippen LogP contribution in [0.4, 0.5) is 5.13 Å². The highest BCUT2D eigenvalue weighted by Gasteiger charge is 2.47. The van der Waals surface area contributed by atoms with Crippen LogP contribution >= 0.6 is 11.5 Å². The standard InChI is InChI=1S/C8H13N3OS/c1-8(2)5(3-6(8)12)11-7-9-4-10-13-7/h4-6,12H,3H2,1-2H3,(H,9,10,11). The Kier molecular flexibility index (Phi) is 2.00. The van der Waals surface area contributed by atoms with Gasteiger partial charge in [-0.15, -0.1) is 0 Å².